The lowest BCUT2D eigenvalue weighted by molar-refractivity contribution is 0.601. The molecular formula is C18H26BrFIN5. The van der Waals surface area contributed by atoms with E-state index in [-0.39, 0.29) is 29.8 Å². The Bertz CT molecular complexity index is 664. The van der Waals surface area contributed by atoms with E-state index in [2.05, 4.69) is 36.5 Å². The zero-order valence-corrected chi connectivity index (χ0v) is 18.8. The first-order chi connectivity index (χ1) is 12.2. The van der Waals surface area contributed by atoms with Gasteiger partial charge in [-0.2, -0.15) is 0 Å². The molecule has 8 heteroatoms. The minimum atomic E-state index is -0.158. The molecule has 1 heterocycles. The van der Waals surface area contributed by atoms with E-state index in [0.717, 1.165) is 55.0 Å². The number of rotatable bonds is 9. The highest BCUT2D eigenvalue weighted by Gasteiger charge is 2.03. The summed E-state index contributed by atoms with van der Waals surface area (Å²) in [5.41, 5.74) is 0.743. The fourth-order valence-corrected chi connectivity index (χ4v) is 2.75. The van der Waals surface area contributed by atoms with Crippen LogP contribution in [0.25, 0.3) is 0 Å². The quantitative estimate of drug-likeness (QED) is 0.220. The Morgan fingerprint density at radius 2 is 2.15 bits per heavy atom. The van der Waals surface area contributed by atoms with Crippen LogP contribution in [0.4, 0.5) is 4.39 Å². The maximum Gasteiger partial charge on any atom is 0.191 e. The summed E-state index contributed by atoms with van der Waals surface area (Å²) in [6.45, 7) is 5.26. The van der Waals surface area contributed by atoms with Crippen LogP contribution in [0.3, 0.4) is 0 Å². The lowest BCUT2D eigenvalue weighted by atomic mass is 10.1. The summed E-state index contributed by atoms with van der Waals surface area (Å²) >= 11 is 3.28. The van der Waals surface area contributed by atoms with Gasteiger partial charge in [0.2, 0.25) is 0 Å². The van der Waals surface area contributed by atoms with Gasteiger partial charge in [-0.05, 0) is 43.9 Å². The molecule has 0 atom stereocenters. The summed E-state index contributed by atoms with van der Waals surface area (Å²) in [7, 11) is 0. The molecule has 1 aromatic heterocycles. The van der Waals surface area contributed by atoms with Crippen LogP contribution in [0.2, 0.25) is 0 Å². The van der Waals surface area contributed by atoms with E-state index in [1.165, 1.54) is 6.07 Å². The smallest absolute Gasteiger partial charge is 0.191 e. The van der Waals surface area contributed by atoms with Crippen molar-refractivity contribution in [2.24, 2.45) is 4.99 Å². The Morgan fingerprint density at radius 1 is 1.31 bits per heavy atom. The second-order valence-corrected chi connectivity index (χ2v) is 6.60. The number of nitrogens with one attached hydrogen (secondary N) is 2. The van der Waals surface area contributed by atoms with Crippen LogP contribution in [0.1, 0.15) is 25.3 Å². The zero-order valence-electron chi connectivity index (χ0n) is 14.9. The molecule has 26 heavy (non-hydrogen) atoms. The predicted octanol–water partition coefficient (Wildman–Crippen LogP) is 3.98. The van der Waals surface area contributed by atoms with E-state index in [9.17, 15) is 4.39 Å². The van der Waals surface area contributed by atoms with Crippen molar-refractivity contribution in [3.8, 4) is 0 Å². The highest BCUT2D eigenvalue weighted by atomic mass is 127. The van der Waals surface area contributed by atoms with Crippen molar-refractivity contribution >= 4 is 45.9 Å². The van der Waals surface area contributed by atoms with Crippen LogP contribution < -0.4 is 10.6 Å². The Morgan fingerprint density at radius 3 is 2.85 bits per heavy atom. The van der Waals surface area contributed by atoms with Gasteiger partial charge >= 0.3 is 0 Å². The maximum absolute atomic E-state index is 13.8. The van der Waals surface area contributed by atoms with Crippen LogP contribution in [0.15, 0.2) is 46.4 Å². The number of hydrogen-bond acceptors (Lipinski definition) is 2. The Balaban J connectivity index is 0.00000338. The molecule has 0 unspecified atom stereocenters. The molecule has 0 bridgehead atoms. The van der Waals surface area contributed by atoms with Crippen molar-refractivity contribution in [2.45, 2.75) is 32.7 Å². The Kier molecular flexibility index (Phi) is 11.5. The lowest BCUT2D eigenvalue weighted by Gasteiger charge is -2.11. The Labute approximate surface area is 180 Å². The molecule has 2 aromatic rings. The number of benzene rings is 1. The van der Waals surface area contributed by atoms with Gasteiger partial charge in [-0.1, -0.05) is 22.0 Å². The monoisotopic (exact) mass is 537 g/mol. The second kappa shape index (κ2) is 13.1. The van der Waals surface area contributed by atoms with Crippen LogP contribution in [-0.4, -0.2) is 35.1 Å². The van der Waals surface area contributed by atoms with E-state index in [0.29, 0.717) is 6.42 Å². The van der Waals surface area contributed by atoms with E-state index in [1.807, 2.05) is 36.1 Å². The molecule has 0 spiro atoms. The fourth-order valence-electron chi connectivity index (χ4n) is 2.41. The first-order valence-corrected chi connectivity index (χ1v) is 9.40. The SMILES string of the molecule is CCNC(=NCCCn1ccnc1)NCCCc1ccc(Br)cc1F.I. The highest BCUT2D eigenvalue weighted by molar-refractivity contribution is 14.0. The maximum atomic E-state index is 13.8. The Hall–Kier alpha value is -1.16. The van der Waals surface area contributed by atoms with E-state index < -0.39 is 0 Å². The number of hydrogen-bond donors (Lipinski definition) is 2. The number of halogens is 3. The summed E-state index contributed by atoms with van der Waals surface area (Å²) in [5.74, 6) is 0.652. The van der Waals surface area contributed by atoms with Gasteiger partial charge < -0.3 is 15.2 Å². The molecule has 144 valence electrons. The van der Waals surface area contributed by atoms with E-state index >= 15 is 0 Å². The fraction of sp³-hybridized carbons (Fsp3) is 0.444. The first-order valence-electron chi connectivity index (χ1n) is 8.61. The molecule has 0 aliphatic carbocycles. The van der Waals surface area contributed by atoms with Gasteiger partial charge in [-0.15, -0.1) is 24.0 Å². The van der Waals surface area contributed by atoms with Crippen molar-refractivity contribution in [1.82, 2.24) is 20.2 Å². The van der Waals surface area contributed by atoms with Gasteiger partial charge in [0.05, 0.1) is 6.33 Å². The molecule has 0 aliphatic rings. The number of nitrogens with zero attached hydrogens (tertiary/aromatic N) is 3. The van der Waals surface area contributed by atoms with Gasteiger partial charge in [0, 0.05) is 43.0 Å². The zero-order chi connectivity index (χ0) is 17.9. The number of aliphatic imine (C=N–C) groups is 1. The van der Waals surface area contributed by atoms with Crippen LogP contribution in [0.5, 0.6) is 0 Å². The third-order valence-corrected chi connectivity index (χ3v) is 4.17. The number of aryl methyl sites for hydroxylation is 2. The van der Waals surface area contributed by atoms with Crippen molar-refractivity contribution in [3.05, 3.63) is 52.8 Å². The summed E-state index contributed by atoms with van der Waals surface area (Å²) in [5, 5.41) is 6.54. The van der Waals surface area contributed by atoms with Crippen molar-refractivity contribution in [2.75, 3.05) is 19.6 Å². The van der Waals surface area contributed by atoms with Crippen LogP contribution in [-0.2, 0) is 13.0 Å². The molecule has 2 rings (SSSR count). The lowest BCUT2D eigenvalue weighted by Crippen LogP contribution is -2.38. The van der Waals surface area contributed by atoms with Crippen LogP contribution in [0, 0.1) is 5.82 Å². The molecule has 2 N–H and O–H groups in total. The third-order valence-electron chi connectivity index (χ3n) is 3.68. The predicted molar refractivity (Wildman–Crippen MR) is 119 cm³/mol. The summed E-state index contributed by atoms with van der Waals surface area (Å²) in [6, 6.07) is 5.21. The van der Waals surface area contributed by atoms with Gasteiger partial charge in [0.25, 0.3) is 0 Å². The standard InChI is InChI=1S/C18H25BrFN5.HI/c1-2-22-18(24-9-4-11-25-12-10-21-14-25)23-8-3-5-15-6-7-16(19)13-17(15)20;/h6-7,10,12-14H,2-5,8-9,11H2,1H3,(H2,22,23,24);1H. The van der Waals surface area contributed by atoms with Gasteiger partial charge in [0.1, 0.15) is 5.82 Å². The summed E-state index contributed by atoms with van der Waals surface area (Å²) in [4.78, 5) is 8.59. The number of imidazole rings is 1. The van der Waals surface area contributed by atoms with Crippen LogP contribution >= 0.6 is 39.9 Å². The molecule has 0 saturated carbocycles. The third kappa shape index (κ3) is 8.48. The number of aromatic nitrogens is 2. The largest absolute Gasteiger partial charge is 0.357 e. The highest BCUT2D eigenvalue weighted by Crippen LogP contribution is 2.16. The molecule has 1 aromatic carbocycles. The van der Waals surface area contributed by atoms with Crippen molar-refractivity contribution in [1.29, 1.82) is 0 Å². The average Bonchev–Trinajstić information content (AvgIpc) is 3.10. The minimum Gasteiger partial charge on any atom is -0.357 e. The van der Waals surface area contributed by atoms with Gasteiger partial charge in [0.15, 0.2) is 5.96 Å². The van der Waals surface area contributed by atoms with E-state index in [1.54, 1.807) is 6.20 Å². The molecule has 0 fully saturated rings. The summed E-state index contributed by atoms with van der Waals surface area (Å²) < 4.78 is 16.6. The van der Waals surface area contributed by atoms with E-state index in [4.69, 9.17) is 0 Å². The average molecular weight is 538 g/mol. The number of guanidine groups is 1. The van der Waals surface area contributed by atoms with Crippen molar-refractivity contribution in [3.63, 3.8) is 0 Å². The molecule has 0 amide bonds. The normalized spacial score (nSPS) is 11.1. The topological polar surface area (TPSA) is 54.2 Å². The molecule has 0 saturated heterocycles. The molecular weight excluding hydrogens is 512 g/mol. The minimum absolute atomic E-state index is 0. The molecule has 0 aliphatic heterocycles. The first kappa shape index (κ1) is 22.9. The summed E-state index contributed by atoms with van der Waals surface area (Å²) in [6.07, 6.45) is 8.05. The van der Waals surface area contributed by atoms with Gasteiger partial charge in [-0.3, -0.25) is 4.99 Å². The second-order valence-electron chi connectivity index (χ2n) is 5.68. The van der Waals surface area contributed by atoms with Crippen molar-refractivity contribution < 1.29 is 4.39 Å². The van der Waals surface area contributed by atoms with Gasteiger partial charge in [-0.25, -0.2) is 9.37 Å². The molecule has 5 nitrogen and oxygen atoms in total. The molecule has 0 radical (unpaired) electrons.